The maximum absolute atomic E-state index is 13.5. The lowest BCUT2D eigenvalue weighted by molar-refractivity contribution is 0.406. The van der Waals surface area contributed by atoms with E-state index in [1.807, 2.05) is 6.07 Å². The summed E-state index contributed by atoms with van der Waals surface area (Å²) in [6, 6.07) is 9.07. The van der Waals surface area contributed by atoms with Crippen molar-refractivity contribution in [3.05, 3.63) is 66.6 Å². The molecule has 0 saturated carbocycles. The predicted octanol–water partition coefficient (Wildman–Crippen LogP) is 3.78. The zero-order chi connectivity index (χ0) is 17.6. The lowest BCUT2D eigenvalue weighted by atomic mass is 10.1. The average molecular weight is 339 g/mol. The van der Waals surface area contributed by atoms with E-state index >= 15 is 0 Å². The first-order valence-electron chi connectivity index (χ1n) is 7.33. The van der Waals surface area contributed by atoms with Gasteiger partial charge < -0.3 is 10.2 Å². The number of phenolic OH excluding ortho intramolecular Hbond substituents is 1. The van der Waals surface area contributed by atoms with Gasteiger partial charge in [0.25, 0.3) is 0 Å². The summed E-state index contributed by atoms with van der Waals surface area (Å²) in [4.78, 5) is 3.95. The second-order valence-corrected chi connectivity index (χ2v) is 5.52. The Morgan fingerprint density at radius 2 is 1.72 bits per heavy atom. The maximum atomic E-state index is 13.5. The van der Waals surface area contributed by atoms with E-state index in [4.69, 9.17) is 0 Å². The molecular formula is C18H11F2N3O2. The van der Waals surface area contributed by atoms with E-state index in [0.29, 0.717) is 5.52 Å². The van der Waals surface area contributed by atoms with Crippen molar-refractivity contribution in [3.8, 4) is 28.3 Å². The Labute approximate surface area is 140 Å². The van der Waals surface area contributed by atoms with E-state index in [1.165, 1.54) is 10.9 Å². The molecule has 4 rings (SSSR count). The average Bonchev–Trinajstić information content (AvgIpc) is 3.02. The molecule has 0 saturated heterocycles. The minimum Gasteiger partial charge on any atom is -0.506 e. The fourth-order valence-electron chi connectivity index (χ4n) is 2.69. The van der Waals surface area contributed by atoms with Crippen molar-refractivity contribution in [3.63, 3.8) is 0 Å². The van der Waals surface area contributed by atoms with E-state index in [1.54, 1.807) is 30.6 Å². The third kappa shape index (κ3) is 2.55. The van der Waals surface area contributed by atoms with Gasteiger partial charge in [-0.1, -0.05) is 6.07 Å². The van der Waals surface area contributed by atoms with Gasteiger partial charge in [-0.15, -0.1) is 0 Å². The first-order chi connectivity index (χ1) is 12.0. The number of hydrogen-bond donors (Lipinski definition) is 2. The van der Waals surface area contributed by atoms with Crippen LogP contribution >= 0.6 is 0 Å². The zero-order valence-electron chi connectivity index (χ0n) is 12.7. The lowest BCUT2D eigenvalue weighted by Gasteiger charge is -2.07. The van der Waals surface area contributed by atoms with Gasteiger partial charge in [-0.05, 0) is 23.8 Å². The standard InChI is InChI=1S/C18H11F2N3O2/c19-15-5-13(6-17(25)18(15)20)23-16-2-1-10(3-12(16)8-22-23)11-4-14(24)9-21-7-11/h1-9,24-25H. The van der Waals surface area contributed by atoms with Crippen LogP contribution < -0.4 is 0 Å². The Morgan fingerprint density at radius 1 is 0.880 bits per heavy atom. The molecule has 0 bridgehead atoms. The summed E-state index contributed by atoms with van der Waals surface area (Å²) in [6.07, 6.45) is 4.54. The van der Waals surface area contributed by atoms with Gasteiger partial charge in [0, 0.05) is 29.3 Å². The van der Waals surface area contributed by atoms with Gasteiger partial charge in [0.05, 0.1) is 23.6 Å². The monoisotopic (exact) mass is 339 g/mol. The topological polar surface area (TPSA) is 71.2 Å². The Hall–Kier alpha value is -3.48. The highest BCUT2D eigenvalue weighted by Gasteiger charge is 2.13. The van der Waals surface area contributed by atoms with Crippen molar-refractivity contribution >= 4 is 10.9 Å². The van der Waals surface area contributed by atoms with Crippen molar-refractivity contribution < 1.29 is 19.0 Å². The summed E-state index contributed by atoms with van der Waals surface area (Å²) in [6.45, 7) is 0. The van der Waals surface area contributed by atoms with Crippen molar-refractivity contribution in [2.75, 3.05) is 0 Å². The summed E-state index contributed by atoms with van der Waals surface area (Å²) in [5.74, 6) is -3.16. The Kier molecular flexibility index (Phi) is 3.35. The molecule has 0 fully saturated rings. The van der Waals surface area contributed by atoms with Crippen LogP contribution in [0.1, 0.15) is 0 Å². The largest absolute Gasteiger partial charge is 0.506 e. The molecule has 124 valence electrons. The van der Waals surface area contributed by atoms with Crippen molar-refractivity contribution in [2.45, 2.75) is 0 Å². The summed E-state index contributed by atoms with van der Waals surface area (Å²) >= 11 is 0. The minimum absolute atomic E-state index is 0.0607. The number of rotatable bonds is 2. The molecule has 25 heavy (non-hydrogen) atoms. The number of aromatic nitrogens is 3. The smallest absolute Gasteiger partial charge is 0.200 e. The molecule has 5 nitrogen and oxygen atoms in total. The summed E-state index contributed by atoms with van der Waals surface area (Å²) in [5.41, 5.74) is 2.42. The van der Waals surface area contributed by atoms with Crippen LogP contribution in [-0.2, 0) is 0 Å². The quantitative estimate of drug-likeness (QED) is 0.583. The summed E-state index contributed by atoms with van der Waals surface area (Å²) < 4.78 is 28.2. The van der Waals surface area contributed by atoms with Crippen LogP contribution in [-0.4, -0.2) is 25.0 Å². The number of hydrogen-bond acceptors (Lipinski definition) is 4. The van der Waals surface area contributed by atoms with Crippen LogP contribution in [0, 0.1) is 11.6 Å². The highest BCUT2D eigenvalue weighted by molar-refractivity contribution is 5.85. The van der Waals surface area contributed by atoms with Crippen LogP contribution in [0.5, 0.6) is 11.5 Å². The predicted molar refractivity (Wildman–Crippen MR) is 87.5 cm³/mol. The van der Waals surface area contributed by atoms with E-state index in [9.17, 15) is 19.0 Å². The minimum atomic E-state index is -1.29. The van der Waals surface area contributed by atoms with E-state index < -0.39 is 17.4 Å². The van der Waals surface area contributed by atoms with Crippen LogP contribution in [0.2, 0.25) is 0 Å². The molecule has 0 spiro atoms. The highest BCUT2D eigenvalue weighted by Crippen LogP contribution is 2.29. The van der Waals surface area contributed by atoms with Crippen LogP contribution in [0.3, 0.4) is 0 Å². The van der Waals surface area contributed by atoms with Gasteiger partial charge in [0.1, 0.15) is 5.75 Å². The first-order valence-corrected chi connectivity index (χ1v) is 7.33. The zero-order valence-corrected chi connectivity index (χ0v) is 12.7. The molecule has 0 radical (unpaired) electrons. The van der Waals surface area contributed by atoms with Gasteiger partial charge in [0.2, 0.25) is 0 Å². The van der Waals surface area contributed by atoms with E-state index in [2.05, 4.69) is 10.1 Å². The van der Waals surface area contributed by atoms with E-state index in [0.717, 1.165) is 28.6 Å². The van der Waals surface area contributed by atoms with Crippen LogP contribution in [0.4, 0.5) is 8.78 Å². The SMILES string of the molecule is Oc1cncc(-c2ccc3c(cnn3-c3cc(O)c(F)c(F)c3)c2)c1. The molecule has 0 aliphatic rings. The summed E-state index contributed by atoms with van der Waals surface area (Å²) in [5, 5.41) is 24.0. The molecule has 2 aromatic heterocycles. The number of fused-ring (bicyclic) bond motifs is 1. The number of phenols is 1. The third-order valence-electron chi connectivity index (χ3n) is 3.86. The molecule has 2 heterocycles. The third-order valence-corrected chi connectivity index (χ3v) is 3.86. The van der Waals surface area contributed by atoms with Crippen molar-refractivity contribution in [1.29, 1.82) is 0 Å². The number of nitrogens with zero attached hydrogens (tertiary/aromatic N) is 3. The number of benzene rings is 2. The molecule has 0 aliphatic heterocycles. The summed E-state index contributed by atoms with van der Waals surface area (Å²) in [7, 11) is 0. The second kappa shape index (κ2) is 5.55. The molecular weight excluding hydrogens is 328 g/mol. The molecule has 7 heteroatoms. The molecule has 4 aromatic rings. The lowest BCUT2D eigenvalue weighted by Crippen LogP contribution is -1.98. The van der Waals surface area contributed by atoms with Gasteiger partial charge in [-0.3, -0.25) is 4.98 Å². The molecule has 2 aromatic carbocycles. The molecule has 0 aliphatic carbocycles. The van der Waals surface area contributed by atoms with Gasteiger partial charge >= 0.3 is 0 Å². The van der Waals surface area contributed by atoms with Gasteiger partial charge in [-0.25, -0.2) is 9.07 Å². The Morgan fingerprint density at radius 3 is 2.48 bits per heavy atom. The van der Waals surface area contributed by atoms with Crippen LogP contribution in [0.15, 0.2) is 55.0 Å². The maximum Gasteiger partial charge on any atom is 0.200 e. The van der Waals surface area contributed by atoms with Crippen molar-refractivity contribution in [1.82, 2.24) is 14.8 Å². The molecule has 2 N–H and O–H groups in total. The highest BCUT2D eigenvalue weighted by atomic mass is 19.2. The van der Waals surface area contributed by atoms with Crippen LogP contribution in [0.25, 0.3) is 27.7 Å². The molecule has 0 unspecified atom stereocenters. The normalized spacial score (nSPS) is 11.1. The number of pyridine rings is 1. The second-order valence-electron chi connectivity index (χ2n) is 5.52. The van der Waals surface area contributed by atoms with E-state index in [-0.39, 0.29) is 11.4 Å². The fraction of sp³-hybridized carbons (Fsp3) is 0. The fourth-order valence-corrected chi connectivity index (χ4v) is 2.69. The first kappa shape index (κ1) is 15.1. The molecule has 0 amide bonds. The Bertz CT molecular complexity index is 1090. The van der Waals surface area contributed by atoms with Gasteiger partial charge in [0.15, 0.2) is 17.4 Å². The Balaban J connectivity index is 1.83. The number of halogens is 2. The number of aromatic hydroxyl groups is 2. The molecule has 0 atom stereocenters. The van der Waals surface area contributed by atoms with Crippen molar-refractivity contribution in [2.24, 2.45) is 0 Å². The van der Waals surface area contributed by atoms with Gasteiger partial charge in [-0.2, -0.15) is 9.49 Å².